The Balaban J connectivity index is 1.74. The molecular formula is C19H24N2. The van der Waals surface area contributed by atoms with Gasteiger partial charge in [-0.3, -0.25) is 0 Å². The molecule has 21 heavy (non-hydrogen) atoms. The van der Waals surface area contributed by atoms with Crippen LogP contribution in [0.15, 0.2) is 48.5 Å². The second-order valence-electron chi connectivity index (χ2n) is 5.81. The van der Waals surface area contributed by atoms with Crippen LogP contribution in [0, 0.1) is 0 Å². The third kappa shape index (κ3) is 3.11. The Morgan fingerprint density at radius 2 is 1.76 bits per heavy atom. The van der Waals surface area contributed by atoms with Crippen LogP contribution in [0.4, 0.5) is 5.69 Å². The summed E-state index contributed by atoms with van der Waals surface area (Å²) in [6.45, 7) is 7.51. The van der Waals surface area contributed by atoms with Crippen LogP contribution in [0.25, 0.3) is 0 Å². The number of nitrogens with zero attached hydrogens (tertiary/aromatic N) is 1. The van der Waals surface area contributed by atoms with Gasteiger partial charge in [0, 0.05) is 24.8 Å². The number of nitrogens with one attached hydrogen (secondary N) is 1. The highest BCUT2D eigenvalue weighted by Gasteiger charge is 2.16. The van der Waals surface area contributed by atoms with E-state index in [0.29, 0.717) is 6.04 Å². The lowest BCUT2D eigenvalue weighted by Crippen LogP contribution is -2.30. The first-order valence-electron chi connectivity index (χ1n) is 7.93. The molecule has 1 aliphatic heterocycles. The maximum atomic E-state index is 3.46. The SMILES string of the molecule is CCNC(C)c1ccc(N2CCc3ccccc3C2)cc1. The summed E-state index contributed by atoms with van der Waals surface area (Å²) in [5, 5.41) is 3.46. The predicted octanol–water partition coefficient (Wildman–Crippen LogP) is 3.92. The zero-order valence-electron chi connectivity index (χ0n) is 13.0. The second-order valence-corrected chi connectivity index (χ2v) is 5.81. The molecule has 0 fully saturated rings. The summed E-state index contributed by atoms with van der Waals surface area (Å²) in [7, 11) is 0. The summed E-state index contributed by atoms with van der Waals surface area (Å²) in [6, 6.07) is 18.2. The van der Waals surface area contributed by atoms with Crippen LogP contribution in [-0.4, -0.2) is 13.1 Å². The van der Waals surface area contributed by atoms with Crippen LogP contribution < -0.4 is 10.2 Å². The molecule has 0 aromatic heterocycles. The number of rotatable bonds is 4. The van der Waals surface area contributed by atoms with Crippen molar-refractivity contribution in [3.8, 4) is 0 Å². The van der Waals surface area contributed by atoms with Crippen molar-refractivity contribution >= 4 is 5.69 Å². The number of fused-ring (bicyclic) bond motifs is 1. The van der Waals surface area contributed by atoms with Crippen LogP contribution in [0.5, 0.6) is 0 Å². The van der Waals surface area contributed by atoms with Crippen molar-refractivity contribution in [3.63, 3.8) is 0 Å². The van der Waals surface area contributed by atoms with E-state index in [9.17, 15) is 0 Å². The highest BCUT2D eigenvalue weighted by Crippen LogP contribution is 2.25. The maximum Gasteiger partial charge on any atom is 0.0432 e. The molecule has 0 radical (unpaired) electrons. The Bertz CT molecular complexity index is 589. The van der Waals surface area contributed by atoms with E-state index in [4.69, 9.17) is 0 Å². The molecule has 1 N–H and O–H groups in total. The molecule has 1 aliphatic rings. The Morgan fingerprint density at radius 3 is 2.48 bits per heavy atom. The lowest BCUT2D eigenvalue weighted by atomic mass is 9.99. The smallest absolute Gasteiger partial charge is 0.0432 e. The number of hydrogen-bond donors (Lipinski definition) is 1. The van der Waals surface area contributed by atoms with E-state index in [1.54, 1.807) is 0 Å². The molecule has 1 heterocycles. The zero-order valence-corrected chi connectivity index (χ0v) is 13.0. The summed E-state index contributed by atoms with van der Waals surface area (Å²) in [6.07, 6.45) is 1.14. The van der Waals surface area contributed by atoms with Gasteiger partial charge >= 0.3 is 0 Å². The van der Waals surface area contributed by atoms with Gasteiger partial charge < -0.3 is 10.2 Å². The van der Waals surface area contributed by atoms with Gasteiger partial charge in [0.2, 0.25) is 0 Å². The van der Waals surface area contributed by atoms with E-state index < -0.39 is 0 Å². The molecule has 3 rings (SSSR count). The summed E-state index contributed by atoms with van der Waals surface area (Å²) < 4.78 is 0. The molecule has 0 saturated carbocycles. The second kappa shape index (κ2) is 6.31. The van der Waals surface area contributed by atoms with E-state index in [-0.39, 0.29) is 0 Å². The van der Waals surface area contributed by atoms with Crippen molar-refractivity contribution in [1.82, 2.24) is 5.32 Å². The van der Waals surface area contributed by atoms with Gasteiger partial charge in [0.25, 0.3) is 0 Å². The van der Waals surface area contributed by atoms with E-state index >= 15 is 0 Å². The molecule has 2 nitrogen and oxygen atoms in total. The van der Waals surface area contributed by atoms with Crippen molar-refractivity contribution in [2.75, 3.05) is 18.0 Å². The maximum absolute atomic E-state index is 3.46. The molecule has 2 aromatic rings. The highest BCUT2D eigenvalue weighted by atomic mass is 15.1. The Hall–Kier alpha value is -1.80. The van der Waals surface area contributed by atoms with Crippen molar-refractivity contribution in [3.05, 3.63) is 65.2 Å². The Kier molecular flexibility index (Phi) is 4.26. The van der Waals surface area contributed by atoms with E-state index in [2.05, 4.69) is 72.6 Å². The minimum Gasteiger partial charge on any atom is -0.367 e. The normalized spacial score (nSPS) is 15.6. The minimum absolute atomic E-state index is 0.422. The average Bonchev–Trinajstić information content (AvgIpc) is 2.55. The van der Waals surface area contributed by atoms with Crippen LogP contribution in [0.1, 0.15) is 36.6 Å². The first-order chi connectivity index (χ1) is 10.3. The third-order valence-corrected chi connectivity index (χ3v) is 4.40. The van der Waals surface area contributed by atoms with Gasteiger partial charge in [0.05, 0.1) is 0 Å². The summed E-state index contributed by atoms with van der Waals surface area (Å²) in [4.78, 5) is 2.48. The fraction of sp³-hybridized carbons (Fsp3) is 0.368. The first-order valence-corrected chi connectivity index (χ1v) is 7.93. The lowest BCUT2D eigenvalue weighted by Gasteiger charge is -2.31. The van der Waals surface area contributed by atoms with Gasteiger partial charge in [-0.2, -0.15) is 0 Å². The zero-order chi connectivity index (χ0) is 14.7. The highest BCUT2D eigenvalue weighted by molar-refractivity contribution is 5.50. The summed E-state index contributed by atoms with van der Waals surface area (Å²) in [5.41, 5.74) is 5.66. The van der Waals surface area contributed by atoms with Crippen LogP contribution >= 0.6 is 0 Å². The van der Waals surface area contributed by atoms with E-state index in [0.717, 1.165) is 26.1 Å². The molecule has 2 aromatic carbocycles. The van der Waals surface area contributed by atoms with Crippen molar-refractivity contribution in [2.45, 2.75) is 32.9 Å². The van der Waals surface area contributed by atoms with Crippen LogP contribution in [-0.2, 0) is 13.0 Å². The molecular weight excluding hydrogens is 256 g/mol. The molecule has 0 amide bonds. The molecule has 0 spiro atoms. The number of anilines is 1. The lowest BCUT2D eigenvalue weighted by molar-refractivity contribution is 0.598. The minimum atomic E-state index is 0.422. The molecule has 2 heteroatoms. The van der Waals surface area contributed by atoms with Gasteiger partial charge in [-0.15, -0.1) is 0 Å². The number of benzene rings is 2. The van der Waals surface area contributed by atoms with Crippen molar-refractivity contribution in [1.29, 1.82) is 0 Å². The quantitative estimate of drug-likeness (QED) is 0.913. The molecule has 1 atom stereocenters. The fourth-order valence-corrected chi connectivity index (χ4v) is 3.11. The standard InChI is InChI=1S/C19H24N2/c1-3-20-15(2)16-8-10-19(11-9-16)21-13-12-17-6-4-5-7-18(17)14-21/h4-11,15,20H,3,12-14H2,1-2H3. The largest absolute Gasteiger partial charge is 0.367 e. The summed E-state index contributed by atoms with van der Waals surface area (Å²) >= 11 is 0. The molecule has 0 bridgehead atoms. The Labute approximate surface area is 127 Å². The topological polar surface area (TPSA) is 15.3 Å². The monoisotopic (exact) mass is 280 g/mol. The summed E-state index contributed by atoms with van der Waals surface area (Å²) in [5.74, 6) is 0. The van der Waals surface area contributed by atoms with Crippen LogP contribution in [0.3, 0.4) is 0 Å². The van der Waals surface area contributed by atoms with E-state index in [1.165, 1.54) is 22.4 Å². The van der Waals surface area contributed by atoms with Gasteiger partial charge in [-0.1, -0.05) is 43.3 Å². The van der Waals surface area contributed by atoms with E-state index in [1.807, 2.05) is 0 Å². The van der Waals surface area contributed by atoms with Crippen molar-refractivity contribution in [2.24, 2.45) is 0 Å². The Morgan fingerprint density at radius 1 is 1.05 bits per heavy atom. The van der Waals surface area contributed by atoms with Gasteiger partial charge in [-0.05, 0) is 48.7 Å². The molecule has 110 valence electrons. The predicted molar refractivity (Wildman–Crippen MR) is 89.7 cm³/mol. The first kappa shape index (κ1) is 14.2. The van der Waals surface area contributed by atoms with Crippen molar-refractivity contribution < 1.29 is 0 Å². The van der Waals surface area contributed by atoms with Gasteiger partial charge in [0.15, 0.2) is 0 Å². The van der Waals surface area contributed by atoms with Gasteiger partial charge in [0.1, 0.15) is 0 Å². The van der Waals surface area contributed by atoms with Crippen LogP contribution in [0.2, 0.25) is 0 Å². The number of hydrogen-bond acceptors (Lipinski definition) is 2. The third-order valence-electron chi connectivity index (χ3n) is 4.40. The molecule has 0 saturated heterocycles. The molecule has 1 unspecified atom stereocenters. The fourth-order valence-electron chi connectivity index (χ4n) is 3.11. The van der Waals surface area contributed by atoms with Gasteiger partial charge in [-0.25, -0.2) is 0 Å². The molecule has 0 aliphatic carbocycles. The average molecular weight is 280 g/mol.